The molecule has 0 aliphatic carbocycles. The number of hydrogen-bond acceptors (Lipinski definition) is 2. The smallest absolute Gasteiger partial charge is 0.0462 e. The van der Waals surface area contributed by atoms with Crippen LogP contribution < -0.4 is 5.32 Å². The number of rotatable bonds is 9. The molecular formula is C14H23NO. The van der Waals surface area contributed by atoms with Crippen molar-refractivity contribution in [3.8, 4) is 0 Å². The average molecular weight is 221 g/mol. The Labute approximate surface area is 99.0 Å². The van der Waals surface area contributed by atoms with E-state index in [1.165, 1.54) is 24.8 Å². The van der Waals surface area contributed by atoms with Crippen LogP contribution in [-0.4, -0.2) is 26.8 Å². The largest absolute Gasteiger partial charge is 0.385 e. The fourth-order valence-corrected chi connectivity index (χ4v) is 1.68. The third-order valence-electron chi connectivity index (χ3n) is 2.64. The molecule has 0 fully saturated rings. The molecule has 90 valence electrons. The molecule has 0 radical (unpaired) electrons. The first kappa shape index (κ1) is 13.2. The number of nitrogens with one attached hydrogen (secondary N) is 1. The summed E-state index contributed by atoms with van der Waals surface area (Å²) in [6.07, 6.45) is 4.81. The van der Waals surface area contributed by atoms with Crippen LogP contribution in [0.25, 0.3) is 0 Å². The topological polar surface area (TPSA) is 21.3 Å². The Morgan fingerprint density at radius 2 is 1.81 bits per heavy atom. The normalized spacial score (nSPS) is 10.6. The fraction of sp³-hybridized carbons (Fsp3) is 0.571. The molecular weight excluding hydrogens is 198 g/mol. The van der Waals surface area contributed by atoms with Gasteiger partial charge in [0.15, 0.2) is 0 Å². The van der Waals surface area contributed by atoms with Gasteiger partial charge in [-0.1, -0.05) is 30.3 Å². The molecule has 0 aromatic heterocycles. The van der Waals surface area contributed by atoms with E-state index in [1.54, 1.807) is 7.11 Å². The number of ether oxygens (including phenoxy) is 1. The zero-order valence-electron chi connectivity index (χ0n) is 10.2. The summed E-state index contributed by atoms with van der Waals surface area (Å²) in [6.45, 7) is 3.09. The molecule has 1 aromatic carbocycles. The lowest BCUT2D eigenvalue weighted by Crippen LogP contribution is -2.18. The highest BCUT2D eigenvalue weighted by Crippen LogP contribution is 1.98. The lowest BCUT2D eigenvalue weighted by atomic mass is 10.1. The Morgan fingerprint density at radius 3 is 2.56 bits per heavy atom. The summed E-state index contributed by atoms with van der Waals surface area (Å²) >= 11 is 0. The van der Waals surface area contributed by atoms with Gasteiger partial charge in [0, 0.05) is 13.7 Å². The SMILES string of the molecule is COCCCCCNCCc1ccccc1. The van der Waals surface area contributed by atoms with E-state index in [0.717, 1.165) is 26.1 Å². The van der Waals surface area contributed by atoms with Crippen LogP contribution >= 0.6 is 0 Å². The first-order chi connectivity index (χ1) is 7.93. The molecule has 0 heterocycles. The molecule has 0 aliphatic rings. The minimum Gasteiger partial charge on any atom is -0.385 e. The van der Waals surface area contributed by atoms with E-state index in [4.69, 9.17) is 4.74 Å². The van der Waals surface area contributed by atoms with Crippen LogP contribution in [0.1, 0.15) is 24.8 Å². The van der Waals surface area contributed by atoms with Crippen LogP contribution in [0.5, 0.6) is 0 Å². The molecule has 0 saturated heterocycles. The van der Waals surface area contributed by atoms with Gasteiger partial charge in [0.25, 0.3) is 0 Å². The van der Waals surface area contributed by atoms with Crippen LogP contribution in [0.4, 0.5) is 0 Å². The highest BCUT2D eigenvalue weighted by molar-refractivity contribution is 5.14. The van der Waals surface area contributed by atoms with Gasteiger partial charge in [-0.2, -0.15) is 0 Å². The van der Waals surface area contributed by atoms with Crippen molar-refractivity contribution < 1.29 is 4.74 Å². The molecule has 2 nitrogen and oxygen atoms in total. The second-order valence-electron chi connectivity index (χ2n) is 4.04. The molecule has 2 heteroatoms. The summed E-state index contributed by atoms with van der Waals surface area (Å²) in [7, 11) is 1.76. The Bertz CT molecular complexity index is 248. The molecule has 1 N–H and O–H groups in total. The predicted octanol–water partition coefficient (Wildman–Crippen LogP) is 2.64. The predicted molar refractivity (Wildman–Crippen MR) is 68.7 cm³/mol. The zero-order chi connectivity index (χ0) is 11.5. The molecule has 0 saturated carbocycles. The number of hydrogen-bond donors (Lipinski definition) is 1. The highest BCUT2D eigenvalue weighted by Gasteiger charge is 1.92. The maximum atomic E-state index is 5.01. The minimum atomic E-state index is 0.893. The van der Waals surface area contributed by atoms with Gasteiger partial charge in [-0.15, -0.1) is 0 Å². The van der Waals surface area contributed by atoms with Gasteiger partial charge in [0.05, 0.1) is 0 Å². The summed E-state index contributed by atoms with van der Waals surface area (Å²) in [5.74, 6) is 0. The summed E-state index contributed by atoms with van der Waals surface area (Å²) in [5.41, 5.74) is 1.41. The van der Waals surface area contributed by atoms with Gasteiger partial charge in [-0.05, 0) is 44.3 Å². The zero-order valence-corrected chi connectivity index (χ0v) is 10.2. The van der Waals surface area contributed by atoms with E-state index < -0.39 is 0 Å². The van der Waals surface area contributed by atoms with Gasteiger partial charge in [-0.3, -0.25) is 0 Å². The maximum Gasteiger partial charge on any atom is 0.0462 e. The fourth-order valence-electron chi connectivity index (χ4n) is 1.68. The Morgan fingerprint density at radius 1 is 1.00 bits per heavy atom. The van der Waals surface area contributed by atoms with Crippen molar-refractivity contribution in [3.63, 3.8) is 0 Å². The molecule has 16 heavy (non-hydrogen) atoms. The van der Waals surface area contributed by atoms with Gasteiger partial charge in [0.2, 0.25) is 0 Å². The third kappa shape index (κ3) is 6.59. The van der Waals surface area contributed by atoms with Crippen molar-refractivity contribution >= 4 is 0 Å². The van der Waals surface area contributed by atoms with Crippen molar-refractivity contribution in [1.29, 1.82) is 0 Å². The standard InChI is InChI=1S/C14H23NO/c1-16-13-7-3-6-11-15-12-10-14-8-4-2-5-9-14/h2,4-5,8-9,15H,3,6-7,10-13H2,1H3. The molecule has 0 aliphatic heterocycles. The van der Waals surface area contributed by atoms with Crippen LogP contribution in [0.3, 0.4) is 0 Å². The second-order valence-corrected chi connectivity index (χ2v) is 4.04. The van der Waals surface area contributed by atoms with Crippen LogP contribution in [0.2, 0.25) is 0 Å². The molecule has 0 unspecified atom stereocenters. The Hall–Kier alpha value is -0.860. The summed E-state index contributed by atoms with van der Waals surface area (Å²) in [6, 6.07) is 10.6. The van der Waals surface area contributed by atoms with Crippen LogP contribution in [0.15, 0.2) is 30.3 Å². The van der Waals surface area contributed by atoms with Crippen molar-refractivity contribution in [2.75, 3.05) is 26.8 Å². The van der Waals surface area contributed by atoms with Crippen molar-refractivity contribution in [3.05, 3.63) is 35.9 Å². The molecule has 1 rings (SSSR count). The molecule has 0 amide bonds. The second kappa shape index (κ2) is 9.37. The van der Waals surface area contributed by atoms with E-state index in [0.29, 0.717) is 0 Å². The van der Waals surface area contributed by atoms with E-state index >= 15 is 0 Å². The van der Waals surface area contributed by atoms with Crippen LogP contribution in [0, 0.1) is 0 Å². The molecule has 1 aromatic rings. The summed E-state index contributed by atoms with van der Waals surface area (Å²) in [4.78, 5) is 0. The minimum absolute atomic E-state index is 0.893. The van der Waals surface area contributed by atoms with E-state index in [-0.39, 0.29) is 0 Å². The third-order valence-corrected chi connectivity index (χ3v) is 2.64. The first-order valence-corrected chi connectivity index (χ1v) is 6.17. The first-order valence-electron chi connectivity index (χ1n) is 6.17. The van der Waals surface area contributed by atoms with Gasteiger partial charge < -0.3 is 10.1 Å². The average Bonchev–Trinajstić information content (AvgIpc) is 2.34. The highest BCUT2D eigenvalue weighted by atomic mass is 16.5. The van der Waals surface area contributed by atoms with Gasteiger partial charge in [0.1, 0.15) is 0 Å². The van der Waals surface area contributed by atoms with Crippen molar-refractivity contribution in [2.45, 2.75) is 25.7 Å². The lowest BCUT2D eigenvalue weighted by molar-refractivity contribution is 0.192. The van der Waals surface area contributed by atoms with E-state index in [2.05, 4.69) is 35.6 Å². The van der Waals surface area contributed by atoms with Crippen molar-refractivity contribution in [1.82, 2.24) is 5.32 Å². The maximum absolute atomic E-state index is 5.01. The monoisotopic (exact) mass is 221 g/mol. The number of methoxy groups -OCH3 is 1. The van der Waals surface area contributed by atoms with Crippen LogP contribution in [-0.2, 0) is 11.2 Å². The molecule has 0 spiro atoms. The molecule has 0 atom stereocenters. The number of benzene rings is 1. The van der Waals surface area contributed by atoms with Crippen molar-refractivity contribution in [2.24, 2.45) is 0 Å². The van der Waals surface area contributed by atoms with E-state index in [1.807, 2.05) is 0 Å². The molecule has 0 bridgehead atoms. The van der Waals surface area contributed by atoms with Gasteiger partial charge >= 0.3 is 0 Å². The summed E-state index contributed by atoms with van der Waals surface area (Å²) < 4.78 is 5.01. The Kier molecular flexibility index (Phi) is 7.74. The number of unbranched alkanes of at least 4 members (excludes halogenated alkanes) is 2. The Balaban J connectivity index is 1.89. The van der Waals surface area contributed by atoms with E-state index in [9.17, 15) is 0 Å². The summed E-state index contributed by atoms with van der Waals surface area (Å²) in [5, 5.41) is 3.47. The quantitative estimate of drug-likeness (QED) is 0.647. The van der Waals surface area contributed by atoms with Gasteiger partial charge in [-0.25, -0.2) is 0 Å². The lowest BCUT2D eigenvalue weighted by Gasteiger charge is -2.04.